The van der Waals surface area contributed by atoms with Crippen LogP contribution in [0.15, 0.2) is 18.2 Å². The number of benzene rings is 1. The molecule has 1 unspecified atom stereocenters. The Morgan fingerprint density at radius 1 is 1.28 bits per heavy atom. The van der Waals surface area contributed by atoms with Crippen LogP contribution < -0.4 is 11.1 Å². The normalized spacial score (nSPS) is 14.4. The third-order valence-electron chi connectivity index (χ3n) is 2.85. The highest BCUT2D eigenvalue weighted by Gasteiger charge is 2.35. The van der Waals surface area contributed by atoms with Crippen LogP contribution in [0, 0.1) is 0 Å². The minimum Gasteiger partial charge on any atom is -0.399 e. The van der Waals surface area contributed by atoms with Crippen LogP contribution in [0.1, 0.15) is 26.3 Å². The lowest BCUT2D eigenvalue weighted by Crippen LogP contribution is -2.42. The maximum absolute atomic E-state index is 12.8. The summed E-state index contributed by atoms with van der Waals surface area (Å²) < 4.78 is 38.5. The minimum atomic E-state index is -4.49. The fraction of sp³-hybridized carbons (Fsp3) is 0.500. The topological polar surface area (TPSA) is 58.3 Å². The van der Waals surface area contributed by atoms with Gasteiger partial charge in [-0.15, -0.1) is 0 Å². The van der Waals surface area contributed by atoms with Crippen molar-refractivity contribution in [2.24, 2.45) is 0 Å². The quantitative estimate of drug-likeness (QED) is 0.734. The van der Waals surface area contributed by atoms with Crippen LogP contribution in [-0.2, 0) is 6.18 Å². The van der Waals surface area contributed by atoms with Crippen LogP contribution in [0.5, 0.6) is 0 Å². The molecule has 0 aliphatic heterocycles. The van der Waals surface area contributed by atoms with Gasteiger partial charge in [0.1, 0.15) is 0 Å². The maximum Gasteiger partial charge on any atom is 0.418 e. The second kappa shape index (κ2) is 4.68. The van der Waals surface area contributed by atoms with Crippen LogP contribution >= 0.6 is 0 Å². The van der Waals surface area contributed by atoms with E-state index in [-0.39, 0.29) is 11.4 Å². The zero-order chi connectivity index (χ0) is 14.1. The van der Waals surface area contributed by atoms with Gasteiger partial charge in [-0.3, -0.25) is 0 Å². The van der Waals surface area contributed by atoms with Gasteiger partial charge in [0, 0.05) is 11.4 Å². The summed E-state index contributed by atoms with van der Waals surface area (Å²) in [4.78, 5) is 0. The predicted octanol–water partition coefficient (Wildman–Crippen LogP) is 2.86. The van der Waals surface area contributed by atoms with E-state index >= 15 is 0 Å². The van der Waals surface area contributed by atoms with Crippen molar-refractivity contribution in [1.29, 1.82) is 0 Å². The molecule has 0 aliphatic rings. The molecule has 1 aromatic carbocycles. The number of aliphatic hydroxyl groups is 1. The zero-order valence-corrected chi connectivity index (χ0v) is 10.5. The van der Waals surface area contributed by atoms with Gasteiger partial charge in [0.25, 0.3) is 0 Å². The largest absolute Gasteiger partial charge is 0.418 e. The molecule has 0 radical (unpaired) electrons. The second-order valence-electron chi connectivity index (χ2n) is 4.83. The van der Waals surface area contributed by atoms with Crippen molar-refractivity contribution in [3.05, 3.63) is 23.8 Å². The first kappa shape index (κ1) is 14.6. The molecule has 0 spiro atoms. The summed E-state index contributed by atoms with van der Waals surface area (Å²) in [5.74, 6) is 0. The van der Waals surface area contributed by atoms with Crippen molar-refractivity contribution in [1.82, 2.24) is 0 Å². The number of halogens is 3. The summed E-state index contributed by atoms with van der Waals surface area (Å²) in [5.41, 5.74) is 3.60. The van der Waals surface area contributed by atoms with Gasteiger partial charge >= 0.3 is 6.18 Å². The average Bonchev–Trinajstić information content (AvgIpc) is 2.18. The predicted molar refractivity (Wildman–Crippen MR) is 65.2 cm³/mol. The summed E-state index contributed by atoms with van der Waals surface area (Å²) in [7, 11) is 0. The number of hydrogen-bond acceptors (Lipinski definition) is 3. The first-order valence-corrected chi connectivity index (χ1v) is 5.47. The Balaban J connectivity index is 3.18. The molecular formula is C12H17F3N2O. The molecule has 0 aliphatic carbocycles. The van der Waals surface area contributed by atoms with E-state index < -0.39 is 23.4 Å². The van der Waals surface area contributed by atoms with E-state index in [1.54, 1.807) is 13.8 Å². The number of nitrogens with one attached hydrogen (secondary N) is 1. The van der Waals surface area contributed by atoms with Crippen LogP contribution in [0.25, 0.3) is 0 Å². The first-order chi connectivity index (χ1) is 8.04. The van der Waals surface area contributed by atoms with E-state index in [4.69, 9.17) is 5.73 Å². The van der Waals surface area contributed by atoms with Crippen molar-refractivity contribution in [3.8, 4) is 0 Å². The number of hydrogen-bond donors (Lipinski definition) is 3. The van der Waals surface area contributed by atoms with Gasteiger partial charge in [-0.25, -0.2) is 0 Å². The monoisotopic (exact) mass is 262 g/mol. The van der Waals surface area contributed by atoms with Crippen LogP contribution in [0.4, 0.5) is 24.5 Å². The number of aliphatic hydroxyl groups excluding tert-OH is 1. The molecule has 0 bridgehead atoms. The van der Waals surface area contributed by atoms with Crippen molar-refractivity contribution in [2.45, 2.75) is 38.6 Å². The molecule has 0 saturated carbocycles. The lowest BCUT2D eigenvalue weighted by Gasteiger charge is -2.31. The molecule has 0 heterocycles. The fourth-order valence-electron chi connectivity index (χ4n) is 1.36. The molecule has 0 amide bonds. The SMILES string of the molecule is CC(O)C(C)(C)Nc1ccc(N)cc1C(F)(F)F. The van der Waals surface area contributed by atoms with Gasteiger partial charge in [0.15, 0.2) is 0 Å². The number of alkyl halides is 3. The summed E-state index contributed by atoms with van der Waals surface area (Å²) in [5, 5.41) is 12.2. The van der Waals surface area contributed by atoms with Gasteiger partial charge in [-0.1, -0.05) is 0 Å². The molecule has 1 aromatic rings. The van der Waals surface area contributed by atoms with E-state index in [9.17, 15) is 18.3 Å². The van der Waals surface area contributed by atoms with E-state index in [0.29, 0.717) is 0 Å². The van der Waals surface area contributed by atoms with Crippen LogP contribution in [-0.4, -0.2) is 16.7 Å². The summed E-state index contributed by atoms with van der Waals surface area (Å²) in [6.07, 6.45) is -5.30. The Labute approximate surface area is 104 Å². The lowest BCUT2D eigenvalue weighted by atomic mass is 9.97. The van der Waals surface area contributed by atoms with Crippen molar-refractivity contribution in [2.75, 3.05) is 11.1 Å². The van der Waals surface area contributed by atoms with Crippen molar-refractivity contribution < 1.29 is 18.3 Å². The maximum atomic E-state index is 12.8. The molecule has 6 heteroatoms. The number of anilines is 2. The Morgan fingerprint density at radius 3 is 2.28 bits per heavy atom. The number of rotatable bonds is 3. The van der Waals surface area contributed by atoms with Gasteiger partial charge in [-0.05, 0) is 39.0 Å². The van der Waals surface area contributed by atoms with E-state index in [1.165, 1.54) is 19.1 Å². The summed E-state index contributed by atoms with van der Waals surface area (Å²) in [6, 6.07) is 3.53. The number of nitrogen functional groups attached to an aromatic ring is 1. The highest BCUT2D eigenvalue weighted by atomic mass is 19.4. The molecule has 0 aromatic heterocycles. The summed E-state index contributed by atoms with van der Waals surface area (Å²) in [6.45, 7) is 4.75. The van der Waals surface area contributed by atoms with Gasteiger partial charge < -0.3 is 16.2 Å². The van der Waals surface area contributed by atoms with E-state index in [2.05, 4.69) is 5.32 Å². The summed E-state index contributed by atoms with van der Waals surface area (Å²) >= 11 is 0. The smallest absolute Gasteiger partial charge is 0.399 e. The Morgan fingerprint density at radius 2 is 1.83 bits per heavy atom. The van der Waals surface area contributed by atoms with E-state index in [0.717, 1.165) is 6.07 Å². The second-order valence-corrected chi connectivity index (χ2v) is 4.83. The first-order valence-electron chi connectivity index (χ1n) is 5.47. The molecule has 1 atom stereocenters. The van der Waals surface area contributed by atoms with Gasteiger partial charge in [0.05, 0.1) is 17.2 Å². The van der Waals surface area contributed by atoms with Crippen LogP contribution in [0.3, 0.4) is 0 Å². The number of nitrogens with two attached hydrogens (primary N) is 1. The van der Waals surface area contributed by atoms with E-state index in [1.807, 2.05) is 0 Å². The Bertz CT molecular complexity index is 428. The Hall–Kier alpha value is -1.43. The molecule has 18 heavy (non-hydrogen) atoms. The van der Waals surface area contributed by atoms with Crippen molar-refractivity contribution in [3.63, 3.8) is 0 Å². The molecule has 0 fully saturated rings. The van der Waals surface area contributed by atoms with Gasteiger partial charge in [0.2, 0.25) is 0 Å². The third-order valence-corrected chi connectivity index (χ3v) is 2.85. The molecule has 0 saturated heterocycles. The molecule has 102 valence electrons. The highest BCUT2D eigenvalue weighted by Crippen LogP contribution is 2.37. The third kappa shape index (κ3) is 3.29. The zero-order valence-electron chi connectivity index (χ0n) is 10.5. The minimum absolute atomic E-state index is 0.0442. The molecular weight excluding hydrogens is 245 g/mol. The Kier molecular flexibility index (Phi) is 3.81. The van der Waals surface area contributed by atoms with Gasteiger partial charge in [-0.2, -0.15) is 13.2 Å². The average molecular weight is 262 g/mol. The standard InChI is InChI=1S/C12H17F3N2O/c1-7(18)11(2,3)17-10-5-4-8(16)6-9(10)12(13,14)15/h4-7,17-18H,16H2,1-3H3. The molecule has 1 rings (SSSR count). The molecule has 4 N–H and O–H groups in total. The van der Waals surface area contributed by atoms with Crippen LogP contribution in [0.2, 0.25) is 0 Å². The highest BCUT2D eigenvalue weighted by molar-refractivity contribution is 5.60. The van der Waals surface area contributed by atoms with Crippen molar-refractivity contribution >= 4 is 11.4 Å². The lowest BCUT2D eigenvalue weighted by molar-refractivity contribution is -0.137. The molecule has 3 nitrogen and oxygen atoms in total. The fourth-order valence-corrected chi connectivity index (χ4v) is 1.36.